The lowest BCUT2D eigenvalue weighted by atomic mass is 10.0. The van der Waals surface area contributed by atoms with Gasteiger partial charge < -0.3 is 20.4 Å². The second kappa shape index (κ2) is 11.9. The van der Waals surface area contributed by atoms with Gasteiger partial charge in [0.1, 0.15) is 0 Å². The molecule has 2 fully saturated rings. The third-order valence-electron chi connectivity index (χ3n) is 6.01. The van der Waals surface area contributed by atoms with Gasteiger partial charge in [-0.1, -0.05) is 6.42 Å². The van der Waals surface area contributed by atoms with Crippen LogP contribution in [0.2, 0.25) is 0 Å². The molecule has 2 aliphatic heterocycles. The summed E-state index contributed by atoms with van der Waals surface area (Å²) in [5.41, 5.74) is 0. The zero-order chi connectivity index (χ0) is 20.3. The molecule has 3 heterocycles. The van der Waals surface area contributed by atoms with Gasteiger partial charge in [0.2, 0.25) is 5.95 Å². The van der Waals surface area contributed by atoms with Gasteiger partial charge in [-0.2, -0.15) is 0 Å². The third kappa shape index (κ3) is 7.12. The lowest BCUT2D eigenvalue weighted by Gasteiger charge is -2.34. The number of rotatable bonds is 8. The van der Waals surface area contributed by atoms with Gasteiger partial charge in [-0.3, -0.25) is 9.89 Å². The lowest BCUT2D eigenvalue weighted by molar-refractivity contribution is 0.159. The number of aliphatic imine (C=N–C) groups is 1. The predicted octanol–water partition coefficient (Wildman–Crippen LogP) is 1.03. The van der Waals surface area contributed by atoms with Crippen molar-refractivity contribution in [3.63, 3.8) is 0 Å². The molecule has 0 spiro atoms. The molecule has 162 valence electrons. The Hall–Kier alpha value is -1.93. The van der Waals surface area contributed by atoms with Crippen molar-refractivity contribution in [1.29, 1.82) is 0 Å². The van der Waals surface area contributed by atoms with Crippen molar-refractivity contribution in [2.75, 3.05) is 70.9 Å². The molecule has 1 unspecified atom stereocenters. The highest BCUT2D eigenvalue weighted by molar-refractivity contribution is 5.79. The molecule has 0 aliphatic carbocycles. The maximum atomic E-state index is 4.36. The number of piperidine rings is 1. The number of piperazine rings is 1. The van der Waals surface area contributed by atoms with Crippen molar-refractivity contribution < 1.29 is 0 Å². The Labute approximate surface area is 175 Å². The van der Waals surface area contributed by atoms with Gasteiger partial charge in [0, 0.05) is 77.8 Å². The topological polar surface area (TPSA) is 71.9 Å². The van der Waals surface area contributed by atoms with Crippen LogP contribution in [0.1, 0.15) is 32.6 Å². The SMILES string of the molecule is CN=C(NCCCN1CCCCC1C)NCCN1CCN(c2ncccn2)CC1. The Morgan fingerprint density at radius 2 is 1.79 bits per heavy atom. The van der Waals surface area contributed by atoms with E-state index in [0.717, 1.165) is 70.2 Å². The van der Waals surface area contributed by atoms with Gasteiger partial charge in [-0.25, -0.2) is 9.97 Å². The average Bonchev–Trinajstić information content (AvgIpc) is 2.77. The van der Waals surface area contributed by atoms with E-state index in [1.165, 1.54) is 32.4 Å². The fraction of sp³-hybridized carbons (Fsp3) is 0.762. The van der Waals surface area contributed by atoms with Crippen LogP contribution < -0.4 is 15.5 Å². The lowest BCUT2D eigenvalue weighted by Crippen LogP contribution is -2.49. The minimum Gasteiger partial charge on any atom is -0.356 e. The molecule has 8 heteroatoms. The highest BCUT2D eigenvalue weighted by atomic mass is 15.3. The highest BCUT2D eigenvalue weighted by Crippen LogP contribution is 2.16. The van der Waals surface area contributed by atoms with Crippen molar-refractivity contribution in [2.45, 2.75) is 38.6 Å². The van der Waals surface area contributed by atoms with Crippen LogP contribution in [0.4, 0.5) is 5.95 Å². The minimum absolute atomic E-state index is 0.745. The van der Waals surface area contributed by atoms with Crippen molar-refractivity contribution in [3.8, 4) is 0 Å². The molecule has 2 N–H and O–H groups in total. The van der Waals surface area contributed by atoms with Crippen LogP contribution in [0.15, 0.2) is 23.5 Å². The molecule has 3 rings (SSSR count). The molecule has 2 aliphatic rings. The third-order valence-corrected chi connectivity index (χ3v) is 6.01. The minimum atomic E-state index is 0.745. The fourth-order valence-corrected chi connectivity index (χ4v) is 4.16. The highest BCUT2D eigenvalue weighted by Gasteiger charge is 2.19. The zero-order valence-electron chi connectivity index (χ0n) is 18.2. The van der Waals surface area contributed by atoms with E-state index in [1.807, 2.05) is 25.5 Å². The van der Waals surface area contributed by atoms with Gasteiger partial charge in [0.25, 0.3) is 0 Å². The monoisotopic (exact) mass is 402 g/mol. The van der Waals surface area contributed by atoms with Crippen LogP contribution >= 0.6 is 0 Å². The number of nitrogens with one attached hydrogen (secondary N) is 2. The summed E-state index contributed by atoms with van der Waals surface area (Å²) < 4.78 is 0. The van der Waals surface area contributed by atoms with Crippen LogP contribution in [0.25, 0.3) is 0 Å². The van der Waals surface area contributed by atoms with Gasteiger partial charge >= 0.3 is 0 Å². The summed E-state index contributed by atoms with van der Waals surface area (Å²) in [6.07, 6.45) is 8.88. The number of guanidine groups is 1. The van der Waals surface area contributed by atoms with Crippen molar-refractivity contribution in [2.24, 2.45) is 4.99 Å². The Morgan fingerprint density at radius 1 is 1.03 bits per heavy atom. The molecule has 1 aromatic rings. The summed E-state index contributed by atoms with van der Waals surface area (Å²) in [5.74, 6) is 1.75. The van der Waals surface area contributed by atoms with E-state index < -0.39 is 0 Å². The van der Waals surface area contributed by atoms with Crippen molar-refractivity contribution in [1.82, 2.24) is 30.4 Å². The van der Waals surface area contributed by atoms with E-state index in [0.29, 0.717) is 0 Å². The number of likely N-dealkylation sites (tertiary alicyclic amines) is 1. The summed E-state index contributed by atoms with van der Waals surface area (Å²) in [6, 6.07) is 2.61. The molecule has 0 radical (unpaired) electrons. The fourth-order valence-electron chi connectivity index (χ4n) is 4.16. The number of anilines is 1. The molecule has 0 aromatic carbocycles. The van der Waals surface area contributed by atoms with E-state index in [2.05, 4.69) is 47.2 Å². The number of hydrogen-bond acceptors (Lipinski definition) is 6. The number of hydrogen-bond donors (Lipinski definition) is 2. The molecule has 1 atom stereocenters. The molecule has 8 nitrogen and oxygen atoms in total. The summed E-state index contributed by atoms with van der Waals surface area (Å²) >= 11 is 0. The Morgan fingerprint density at radius 3 is 2.52 bits per heavy atom. The van der Waals surface area contributed by atoms with E-state index in [9.17, 15) is 0 Å². The van der Waals surface area contributed by atoms with Gasteiger partial charge in [-0.15, -0.1) is 0 Å². The largest absolute Gasteiger partial charge is 0.356 e. The molecule has 2 saturated heterocycles. The first-order valence-electron chi connectivity index (χ1n) is 11.2. The molecule has 1 aromatic heterocycles. The smallest absolute Gasteiger partial charge is 0.225 e. The van der Waals surface area contributed by atoms with Crippen LogP contribution in [0.5, 0.6) is 0 Å². The molecular formula is C21H38N8. The first-order chi connectivity index (χ1) is 14.3. The summed E-state index contributed by atoms with van der Waals surface area (Å²) in [6.45, 7) is 11.7. The summed E-state index contributed by atoms with van der Waals surface area (Å²) in [4.78, 5) is 20.4. The zero-order valence-corrected chi connectivity index (χ0v) is 18.2. The van der Waals surface area contributed by atoms with Gasteiger partial charge in [-0.05, 0) is 38.8 Å². The Balaban J connectivity index is 1.25. The molecule has 29 heavy (non-hydrogen) atoms. The van der Waals surface area contributed by atoms with E-state index in [-0.39, 0.29) is 0 Å². The first kappa shape index (κ1) is 21.8. The van der Waals surface area contributed by atoms with Crippen molar-refractivity contribution in [3.05, 3.63) is 18.5 Å². The molecule has 0 saturated carbocycles. The van der Waals surface area contributed by atoms with Crippen LogP contribution in [-0.4, -0.2) is 97.7 Å². The number of aromatic nitrogens is 2. The first-order valence-corrected chi connectivity index (χ1v) is 11.2. The predicted molar refractivity (Wildman–Crippen MR) is 120 cm³/mol. The quantitative estimate of drug-likeness (QED) is 0.382. The standard InChI is InChI=1S/C21H38N8/c1-19-7-3-4-12-28(19)13-6-10-23-20(22-2)24-11-14-27-15-17-29(18-16-27)21-25-8-5-9-26-21/h5,8-9,19H,3-4,6-7,10-18H2,1-2H3,(H2,22,23,24). The van der Waals surface area contributed by atoms with Gasteiger partial charge in [0.05, 0.1) is 0 Å². The van der Waals surface area contributed by atoms with Crippen LogP contribution in [0, 0.1) is 0 Å². The van der Waals surface area contributed by atoms with Crippen LogP contribution in [-0.2, 0) is 0 Å². The summed E-state index contributed by atoms with van der Waals surface area (Å²) in [5, 5.41) is 6.91. The molecule has 0 bridgehead atoms. The van der Waals surface area contributed by atoms with Gasteiger partial charge in [0.15, 0.2) is 5.96 Å². The second-order valence-electron chi connectivity index (χ2n) is 8.04. The average molecular weight is 403 g/mol. The van der Waals surface area contributed by atoms with E-state index >= 15 is 0 Å². The maximum absolute atomic E-state index is 4.36. The van der Waals surface area contributed by atoms with Crippen molar-refractivity contribution >= 4 is 11.9 Å². The van der Waals surface area contributed by atoms with E-state index in [4.69, 9.17) is 0 Å². The summed E-state index contributed by atoms with van der Waals surface area (Å²) in [7, 11) is 1.85. The van der Waals surface area contributed by atoms with Crippen LogP contribution in [0.3, 0.4) is 0 Å². The Bertz CT molecular complexity index is 600. The Kier molecular flexibility index (Phi) is 8.95. The second-order valence-corrected chi connectivity index (χ2v) is 8.04. The van der Waals surface area contributed by atoms with E-state index in [1.54, 1.807) is 0 Å². The normalized spacial score (nSPS) is 21.9. The molecule has 0 amide bonds. The number of nitrogens with zero attached hydrogens (tertiary/aromatic N) is 6. The maximum Gasteiger partial charge on any atom is 0.225 e. The molecular weight excluding hydrogens is 364 g/mol.